The van der Waals surface area contributed by atoms with Crippen molar-refractivity contribution >= 4 is 23.4 Å². The largest absolute Gasteiger partial charge is 0.455 e. The SMILES string of the molecule is Nn1c(SCC(=O)Nc2ccccc2Oc2ccccc2)nnc1C(F)(F)F. The van der Waals surface area contributed by atoms with E-state index >= 15 is 0 Å². The average molecular weight is 409 g/mol. The number of nitrogens with zero attached hydrogens (tertiary/aromatic N) is 3. The second kappa shape index (κ2) is 8.21. The van der Waals surface area contributed by atoms with Gasteiger partial charge >= 0.3 is 6.18 Å². The maximum atomic E-state index is 12.7. The Morgan fingerprint density at radius 2 is 1.79 bits per heavy atom. The maximum absolute atomic E-state index is 12.7. The number of nitrogen functional groups attached to an aromatic ring is 1. The highest BCUT2D eigenvalue weighted by Crippen LogP contribution is 2.30. The molecule has 0 bridgehead atoms. The van der Waals surface area contributed by atoms with Gasteiger partial charge in [-0.15, -0.1) is 10.2 Å². The molecule has 0 spiro atoms. The third-order valence-corrected chi connectivity index (χ3v) is 4.33. The summed E-state index contributed by atoms with van der Waals surface area (Å²) in [7, 11) is 0. The number of nitrogens with two attached hydrogens (primary N) is 1. The second-order valence-corrected chi connectivity index (χ2v) is 6.36. The second-order valence-electron chi connectivity index (χ2n) is 5.42. The van der Waals surface area contributed by atoms with Crippen LogP contribution < -0.4 is 15.9 Å². The van der Waals surface area contributed by atoms with Crippen LogP contribution in [0.2, 0.25) is 0 Å². The van der Waals surface area contributed by atoms with Gasteiger partial charge in [0.05, 0.1) is 11.4 Å². The number of anilines is 1. The van der Waals surface area contributed by atoms with Crippen LogP contribution in [0.25, 0.3) is 0 Å². The lowest BCUT2D eigenvalue weighted by molar-refractivity contribution is -0.146. The fourth-order valence-electron chi connectivity index (χ4n) is 2.16. The molecule has 0 unspecified atom stereocenters. The molecule has 0 aliphatic rings. The van der Waals surface area contributed by atoms with Gasteiger partial charge in [-0.3, -0.25) is 4.79 Å². The number of hydrogen-bond acceptors (Lipinski definition) is 6. The van der Waals surface area contributed by atoms with Crippen LogP contribution in [-0.2, 0) is 11.0 Å². The van der Waals surface area contributed by atoms with E-state index in [1.54, 1.807) is 36.4 Å². The van der Waals surface area contributed by atoms with E-state index in [1.165, 1.54) is 0 Å². The highest BCUT2D eigenvalue weighted by molar-refractivity contribution is 7.99. The van der Waals surface area contributed by atoms with Gasteiger partial charge in [-0.25, -0.2) is 4.68 Å². The van der Waals surface area contributed by atoms with Crippen molar-refractivity contribution in [1.82, 2.24) is 14.9 Å². The molecule has 3 rings (SSSR count). The molecule has 0 radical (unpaired) electrons. The summed E-state index contributed by atoms with van der Waals surface area (Å²) in [6.45, 7) is 0. The van der Waals surface area contributed by atoms with Crippen LogP contribution in [0, 0.1) is 0 Å². The molecule has 0 saturated carbocycles. The fraction of sp³-hybridized carbons (Fsp3) is 0.118. The van der Waals surface area contributed by atoms with Gasteiger partial charge < -0.3 is 15.9 Å². The van der Waals surface area contributed by atoms with E-state index in [0.717, 1.165) is 11.8 Å². The van der Waals surface area contributed by atoms with Crippen LogP contribution in [0.4, 0.5) is 18.9 Å². The molecule has 0 saturated heterocycles. The third kappa shape index (κ3) is 4.74. The summed E-state index contributed by atoms with van der Waals surface area (Å²) >= 11 is 0.733. The number of thioether (sulfide) groups is 1. The van der Waals surface area contributed by atoms with Crippen LogP contribution in [0.3, 0.4) is 0 Å². The van der Waals surface area contributed by atoms with Gasteiger partial charge in [-0.05, 0) is 24.3 Å². The van der Waals surface area contributed by atoms with Gasteiger partial charge in [-0.2, -0.15) is 13.2 Å². The molecular formula is C17H14F3N5O2S. The number of carbonyl (C=O) groups is 1. The number of para-hydroxylation sites is 3. The number of rotatable bonds is 6. The van der Waals surface area contributed by atoms with Crippen molar-refractivity contribution < 1.29 is 22.7 Å². The molecule has 7 nitrogen and oxygen atoms in total. The monoisotopic (exact) mass is 409 g/mol. The predicted molar refractivity (Wildman–Crippen MR) is 97.5 cm³/mol. The summed E-state index contributed by atoms with van der Waals surface area (Å²) in [5.74, 6) is 4.34. The van der Waals surface area contributed by atoms with Crippen LogP contribution in [-0.4, -0.2) is 26.5 Å². The molecule has 3 N–H and O–H groups in total. The Morgan fingerprint density at radius 3 is 2.46 bits per heavy atom. The highest BCUT2D eigenvalue weighted by Gasteiger charge is 2.38. The Hall–Kier alpha value is -3.21. The minimum absolute atomic E-state index is 0.215. The Balaban J connectivity index is 1.64. The van der Waals surface area contributed by atoms with Gasteiger partial charge in [0.2, 0.25) is 11.1 Å². The number of carbonyl (C=O) groups excluding carboxylic acids is 1. The predicted octanol–water partition coefficient (Wildman–Crippen LogP) is 3.53. The van der Waals surface area contributed by atoms with E-state index < -0.39 is 17.9 Å². The minimum Gasteiger partial charge on any atom is -0.455 e. The van der Waals surface area contributed by atoms with Crippen LogP contribution in [0.5, 0.6) is 11.5 Å². The van der Waals surface area contributed by atoms with E-state index in [9.17, 15) is 18.0 Å². The zero-order chi connectivity index (χ0) is 20.1. The number of hydrogen-bond donors (Lipinski definition) is 2. The molecule has 3 aromatic rings. The summed E-state index contributed by atoms with van der Waals surface area (Å²) in [5, 5.41) is 8.79. The molecule has 28 heavy (non-hydrogen) atoms. The van der Waals surface area contributed by atoms with E-state index in [-0.39, 0.29) is 10.9 Å². The molecular weight excluding hydrogens is 395 g/mol. The van der Waals surface area contributed by atoms with Crippen molar-refractivity contribution in [2.24, 2.45) is 0 Å². The molecule has 1 heterocycles. The normalized spacial score (nSPS) is 11.2. The van der Waals surface area contributed by atoms with Crippen molar-refractivity contribution in [3.63, 3.8) is 0 Å². The first kappa shape index (κ1) is 19.5. The van der Waals surface area contributed by atoms with Gasteiger partial charge in [0, 0.05) is 0 Å². The smallest absolute Gasteiger partial charge is 0.453 e. The van der Waals surface area contributed by atoms with E-state index in [4.69, 9.17) is 10.6 Å². The topological polar surface area (TPSA) is 95.1 Å². The van der Waals surface area contributed by atoms with Gasteiger partial charge in [0.15, 0.2) is 5.75 Å². The van der Waals surface area contributed by atoms with Crippen molar-refractivity contribution in [3.05, 3.63) is 60.4 Å². The standard InChI is InChI=1S/C17H14F3N5O2S/c18-17(19,20)15-23-24-16(25(15)21)28-10-14(26)22-12-8-4-5-9-13(12)27-11-6-2-1-3-7-11/h1-9H,10,21H2,(H,22,26). The van der Waals surface area contributed by atoms with E-state index in [0.29, 0.717) is 21.9 Å². The zero-order valence-corrected chi connectivity index (χ0v) is 15.0. The molecule has 1 aromatic heterocycles. The molecule has 0 fully saturated rings. The van der Waals surface area contributed by atoms with Crippen LogP contribution >= 0.6 is 11.8 Å². The van der Waals surface area contributed by atoms with E-state index in [1.807, 2.05) is 18.2 Å². The first-order valence-corrected chi connectivity index (χ1v) is 8.85. The molecule has 0 aliphatic carbocycles. The van der Waals surface area contributed by atoms with E-state index in [2.05, 4.69) is 15.5 Å². The van der Waals surface area contributed by atoms with Gasteiger partial charge in [-0.1, -0.05) is 42.1 Å². The van der Waals surface area contributed by atoms with Gasteiger partial charge in [0.25, 0.3) is 5.82 Å². The number of benzene rings is 2. The Bertz CT molecular complexity index is 963. The number of alkyl halides is 3. The van der Waals surface area contributed by atoms with Gasteiger partial charge in [0.1, 0.15) is 5.75 Å². The molecule has 0 aliphatic heterocycles. The average Bonchev–Trinajstić information content (AvgIpc) is 3.03. The summed E-state index contributed by atoms with van der Waals surface area (Å²) in [6.07, 6.45) is -4.73. The maximum Gasteiger partial charge on any atom is 0.453 e. The quantitative estimate of drug-likeness (QED) is 0.478. The number of amides is 1. The Kier molecular flexibility index (Phi) is 5.73. The summed E-state index contributed by atoms with van der Waals surface area (Å²) in [5.41, 5.74) is 0.419. The summed E-state index contributed by atoms with van der Waals surface area (Å²) in [6, 6.07) is 15.8. The van der Waals surface area contributed by atoms with Crippen molar-refractivity contribution in [3.8, 4) is 11.5 Å². The first-order valence-electron chi connectivity index (χ1n) is 7.87. The lowest BCUT2D eigenvalue weighted by Gasteiger charge is -2.12. The number of aromatic nitrogens is 3. The minimum atomic E-state index is -4.73. The van der Waals surface area contributed by atoms with Crippen molar-refractivity contribution in [2.45, 2.75) is 11.3 Å². The Morgan fingerprint density at radius 1 is 1.11 bits per heavy atom. The fourth-order valence-corrected chi connectivity index (χ4v) is 2.82. The third-order valence-electron chi connectivity index (χ3n) is 3.38. The molecule has 11 heteroatoms. The number of ether oxygens (including phenoxy) is 1. The number of nitrogens with one attached hydrogen (secondary N) is 1. The lowest BCUT2D eigenvalue weighted by atomic mass is 10.3. The molecule has 2 aromatic carbocycles. The zero-order valence-electron chi connectivity index (χ0n) is 14.2. The molecule has 0 atom stereocenters. The van der Waals surface area contributed by atoms with Crippen molar-refractivity contribution in [2.75, 3.05) is 16.9 Å². The summed E-state index contributed by atoms with van der Waals surface area (Å²) < 4.78 is 44.0. The number of halogens is 3. The lowest BCUT2D eigenvalue weighted by Crippen LogP contribution is -2.22. The molecule has 1 amide bonds. The molecule has 146 valence electrons. The van der Waals surface area contributed by atoms with Crippen LogP contribution in [0.1, 0.15) is 5.82 Å². The Labute approximate surface area is 161 Å². The summed E-state index contributed by atoms with van der Waals surface area (Å²) in [4.78, 5) is 12.2. The van der Waals surface area contributed by atoms with Crippen LogP contribution in [0.15, 0.2) is 59.8 Å². The highest BCUT2D eigenvalue weighted by atomic mass is 32.2. The first-order chi connectivity index (χ1) is 13.3. The van der Waals surface area contributed by atoms with Crippen molar-refractivity contribution in [1.29, 1.82) is 0 Å².